The van der Waals surface area contributed by atoms with E-state index in [1.807, 2.05) is 65.6 Å². The van der Waals surface area contributed by atoms with E-state index in [1.54, 1.807) is 20.2 Å². The van der Waals surface area contributed by atoms with Gasteiger partial charge < -0.3 is 25.4 Å². The highest BCUT2D eigenvalue weighted by Gasteiger charge is 2.27. The predicted octanol–water partition coefficient (Wildman–Crippen LogP) is 5.02. The molecule has 0 aliphatic carbocycles. The Morgan fingerprint density at radius 2 is 1.88 bits per heavy atom. The van der Waals surface area contributed by atoms with Crippen LogP contribution in [0.1, 0.15) is 25.3 Å². The Balaban J connectivity index is 1.44. The van der Waals surface area contributed by atoms with E-state index in [2.05, 4.69) is 10.3 Å². The van der Waals surface area contributed by atoms with E-state index < -0.39 is 6.10 Å². The van der Waals surface area contributed by atoms with Crippen LogP contribution in [-0.2, 0) is 16.0 Å². The first-order chi connectivity index (χ1) is 16.5. The van der Waals surface area contributed by atoms with Gasteiger partial charge in [0.2, 0.25) is 0 Å². The van der Waals surface area contributed by atoms with Crippen LogP contribution in [0.3, 0.4) is 0 Å². The normalized spacial score (nSPS) is 16.6. The average molecular weight is 461 g/mol. The molecule has 4 rings (SSSR count). The molecule has 34 heavy (non-hydrogen) atoms. The number of hydrogen-bond acceptors (Lipinski definition) is 6. The summed E-state index contributed by atoms with van der Waals surface area (Å²) < 4.78 is 11.1. The summed E-state index contributed by atoms with van der Waals surface area (Å²) in [5.41, 5.74) is 9.07. The molecule has 1 saturated heterocycles. The number of methoxy groups -OCH3 is 1. The third kappa shape index (κ3) is 5.85. The van der Waals surface area contributed by atoms with Crippen LogP contribution in [0, 0.1) is 5.92 Å². The van der Waals surface area contributed by atoms with E-state index in [1.165, 1.54) is 0 Å². The van der Waals surface area contributed by atoms with Gasteiger partial charge in [-0.25, -0.2) is 4.98 Å². The number of pyridine rings is 1. The van der Waals surface area contributed by atoms with Crippen molar-refractivity contribution in [3.63, 3.8) is 0 Å². The van der Waals surface area contributed by atoms with E-state index in [9.17, 15) is 4.79 Å². The standard InChI is InChI=1S/C27H32N4O3/c1-19(33-2)27(32)31-16-6-7-20(18-31)17-21-14-15-29-26(28)25(21)30-22-10-12-24(13-11-22)34-23-8-4-3-5-9-23/h3-5,8-15,19-20,30H,6-7,16-18H2,1-2H3,(H2,28,29)/t19-,20+/m1/s1. The van der Waals surface area contributed by atoms with Crippen LogP contribution in [0.5, 0.6) is 11.5 Å². The van der Waals surface area contributed by atoms with Crippen LogP contribution in [0.15, 0.2) is 66.9 Å². The first-order valence-corrected chi connectivity index (χ1v) is 11.7. The molecule has 0 saturated carbocycles. The number of rotatable bonds is 8. The minimum atomic E-state index is -0.415. The molecule has 1 fully saturated rings. The van der Waals surface area contributed by atoms with Gasteiger partial charge in [-0.3, -0.25) is 4.79 Å². The predicted molar refractivity (Wildman–Crippen MR) is 134 cm³/mol. The number of para-hydroxylation sites is 1. The summed E-state index contributed by atoms with van der Waals surface area (Å²) in [5, 5.41) is 3.44. The molecule has 1 aliphatic heterocycles. The topological polar surface area (TPSA) is 89.7 Å². The number of benzene rings is 2. The Bertz CT molecular complexity index is 1090. The molecule has 0 bridgehead atoms. The molecule has 2 heterocycles. The van der Waals surface area contributed by atoms with Crippen molar-refractivity contribution in [2.75, 3.05) is 31.2 Å². The molecule has 1 amide bonds. The highest BCUT2D eigenvalue weighted by Crippen LogP contribution is 2.31. The maximum absolute atomic E-state index is 12.6. The van der Waals surface area contributed by atoms with Gasteiger partial charge in [0.15, 0.2) is 0 Å². The fraction of sp³-hybridized carbons (Fsp3) is 0.333. The number of anilines is 3. The van der Waals surface area contributed by atoms with Crippen LogP contribution in [-0.4, -0.2) is 42.1 Å². The van der Waals surface area contributed by atoms with Crippen molar-refractivity contribution in [3.05, 3.63) is 72.4 Å². The zero-order chi connectivity index (χ0) is 23.9. The second-order valence-electron chi connectivity index (χ2n) is 8.67. The van der Waals surface area contributed by atoms with E-state index >= 15 is 0 Å². The van der Waals surface area contributed by atoms with Crippen molar-refractivity contribution >= 4 is 23.1 Å². The number of nitrogens with one attached hydrogen (secondary N) is 1. The Morgan fingerprint density at radius 1 is 1.15 bits per heavy atom. The number of piperidine rings is 1. The van der Waals surface area contributed by atoms with Gasteiger partial charge in [-0.05, 0) is 80.1 Å². The fourth-order valence-electron chi connectivity index (χ4n) is 4.31. The van der Waals surface area contributed by atoms with Crippen molar-refractivity contribution in [2.45, 2.75) is 32.3 Å². The van der Waals surface area contributed by atoms with Gasteiger partial charge in [0, 0.05) is 32.1 Å². The molecule has 0 spiro atoms. The summed E-state index contributed by atoms with van der Waals surface area (Å²) in [6.45, 7) is 3.30. The number of likely N-dealkylation sites (tertiary alicyclic amines) is 1. The smallest absolute Gasteiger partial charge is 0.251 e. The minimum Gasteiger partial charge on any atom is -0.457 e. The molecule has 2 atom stereocenters. The zero-order valence-corrected chi connectivity index (χ0v) is 19.7. The average Bonchev–Trinajstić information content (AvgIpc) is 2.87. The molecule has 7 nitrogen and oxygen atoms in total. The van der Waals surface area contributed by atoms with Crippen LogP contribution in [0.2, 0.25) is 0 Å². The lowest BCUT2D eigenvalue weighted by Gasteiger charge is -2.34. The molecule has 3 aromatic rings. The summed E-state index contributed by atoms with van der Waals surface area (Å²) in [5.74, 6) is 2.41. The maximum Gasteiger partial charge on any atom is 0.251 e. The Hall–Kier alpha value is -3.58. The van der Waals surface area contributed by atoms with Crippen molar-refractivity contribution in [2.24, 2.45) is 5.92 Å². The second-order valence-corrected chi connectivity index (χ2v) is 8.67. The van der Waals surface area contributed by atoms with Gasteiger partial charge in [-0.1, -0.05) is 18.2 Å². The zero-order valence-electron chi connectivity index (χ0n) is 19.7. The number of ether oxygens (including phenoxy) is 2. The monoisotopic (exact) mass is 460 g/mol. The third-order valence-corrected chi connectivity index (χ3v) is 6.21. The lowest BCUT2D eigenvalue weighted by molar-refractivity contribution is -0.142. The van der Waals surface area contributed by atoms with Gasteiger partial charge in [0.25, 0.3) is 5.91 Å². The molecule has 2 aromatic carbocycles. The molecule has 0 unspecified atom stereocenters. The summed E-state index contributed by atoms with van der Waals surface area (Å²) in [6.07, 6.45) is 4.19. The number of hydrogen-bond donors (Lipinski definition) is 2. The Morgan fingerprint density at radius 3 is 2.62 bits per heavy atom. The Labute approximate surface area is 200 Å². The van der Waals surface area contributed by atoms with E-state index in [4.69, 9.17) is 15.2 Å². The first kappa shape index (κ1) is 23.6. The lowest BCUT2D eigenvalue weighted by atomic mass is 9.90. The summed E-state index contributed by atoms with van der Waals surface area (Å²) in [4.78, 5) is 18.8. The van der Waals surface area contributed by atoms with E-state index in [0.29, 0.717) is 11.7 Å². The highest BCUT2D eigenvalue weighted by molar-refractivity contribution is 5.80. The van der Waals surface area contributed by atoms with Gasteiger partial charge in [-0.2, -0.15) is 0 Å². The van der Waals surface area contributed by atoms with Crippen LogP contribution in [0.25, 0.3) is 0 Å². The van der Waals surface area contributed by atoms with Crippen LogP contribution < -0.4 is 15.8 Å². The SMILES string of the molecule is CO[C@H](C)C(=O)N1CCC[C@@H](Cc2ccnc(N)c2Nc2ccc(Oc3ccccc3)cc2)C1. The number of amides is 1. The van der Waals surface area contributed by atoms with Crippen LogP contribution in [0.4, 0.5) is 17.2 Å². The molecule has 1 aliphatic rings. The molecule has 178 valence electrons. The van der Waals surface area contributed by atoms with E-state index in [-0.39, 0.29) is 5.91 Å². The quantitative estimate of drug-likeness (QED) is 0.491. The number of carbonyl (C=O) groups is 1. The van der Waals surface area contributed by atoms with Crippen molar-refractivity contribution in [1.82, 2.24) is 9.88 Å². The number of nitrogen functional groups attached to an aromatic ring is 1. The first-order valence-electron chi connectivity index (χ1n) is 11.7. The molecule has 3 N–H and O–H groups in total. The van der Waals surface area contributed by atoms with Gasteiger partial charge in [0.1, 0.15) is 23.4 Å². The number of nitrogens with two attached hydrogens (primary N) is 1. The molecule has 7 heteroatoms. The maximum atomic E-state index is 12.6. The summed E-state index contributed by atoms with van der Waals surface area (Å²) >= 11 is 0. The summed E-state index contributed by atoms with van der Waals surface area (Å²) in [6, 6.07) is 19.4. The number of carbonyl (C=O) groups excluding carboxylic acids is 1. The molecular weight excluding hydrogens is 428 g/mol. The molecular formula is C27H32N4O3. The number of aromatic nitrogens is 1. The lowest BCUT2D eigenvalue weighted by Crippen LogP contribution is -2.45. The summed E-state index contributed by atoms with van der Waals surface area (Å²) in [7, 11) is 1.57. The largest absolute Gasteiger partial charge is 0.457 e. The minimum absolute atomic E-state index is 0.0533. The van der Waals surface area contributed by atoms with Gasteiger partial charge >= 0.3 is 0 Å². The van der Waals surface area contributed by atoms with Crippen molar-refractivity contribution in [3.8, 4) is 11.5 Å². The van der Waals surface area contributed by atoms with Gasteiger partial charge in [0.05, 0.1) is 5.69 Å². The van der Waals surface area contributed by atoms with E-state index in [0.717, 1.165) is 60.8 Å². The second kappa shape index (κ2) is 11.0. The fourth-order valence-corrected chi connectivity index (χ4v) is 4.31. The Kier molecular flexibility index (Phi) is 7.65. The third-order valence-electron chi connectivity index (χ3n) is 6.21. The highest BCUT2D eigenvalue weighted by atomic mass is 16.5. The number of nitrogens with zero attached hydrogens (tertiary/aromatic N) is 2. The molecule has 1 aromatic heterocycles. The van der Waals surface area contributed by atoms with Crippen LogP contribution >= 0.6 is 0 Å². The van der Waals surface area contributed by atoms with Crippen molar-refractivity contribution in [1.29, 1.82) is 0 Å². The van der Waals surface area contributed by atoms with Crippen molar-refractivity contribution < 1.29 is 14.3 Å². The molecule has 0 radical (unpaired) electrons. The van der Waals surface area contributed by atoms with Gasteiger partial charge in [-0.15, -0.1) is 0 Å².